The van der Waals surface area contributed by atoms with Crippen molar-refractivity contribution < 1.29 is 0 Å². The van der Waals surface area contributed by atoms with Crippen molar-refractivity contribution in [3.63, 3.8) is 0 Å². The molecule has 15 heavy (non-hydrogen) atoms. The van der Waals surface area contributed by atoms with Gasteiger partial charge in [0.05, 0.1) is 0 Å². The summed E-state index contributed by atoms with van der Waals surface area (Å²) < 4.78 is 0. The molecule has 0 aromatic carbocycles. The molecule has 0 heterocycles. The Balaban J connectivity index is 1.65. The Labute approximate surface area is 94.8 Å². The summed E-state index contributed by atoms with van der Waals surface area (Å²) in [6, 6.07) is 0. The molecule has 3 aliphatic rings. The molecular formula is C15H26. The van der Waals surface area contributed by atoms with E-state index < -0.39 is 0 Å². The van der Waals surface area contributed by atoms with Gasteiger partial charge in [-0.05, 0) is 36.5 Å². The van der Waals surface area contributed by atoms with Crippen molar-refractivity contribution in [2.45, 2.75) is 70.6 Å². The van der Waals surface area contributed by atoms with E-state index in [2.05, 4.69) is 0 Å². The van der Waals surface area contributed by atoms with Crippen LogP contribution in [0.2, 0.25) is 0 Å². The molecule has 3 saturated carbocycles. The summed E-state index contributed by atoms with van der Waals surface area (Å²) in [5.74, 6) is 4.63. The Kier molecular flexibility index (Phi) is 3.03. The Morgan fingerprint density at radius 1 is 0.400 bits per heavy atom. The van der Waals surface area contributed by atoms with E-state index in [4.69, 9.17) is 0 Å². The standard InChI is InChI=1S/C15H26/c1-2-7-12(6-1)14-10-5-11-15(14)13-8-3-4-9-13/h12-15H,1-11H2. The Morgan fingerprint density at radius 3 is 1.20 bits per heavy atom. The number of hydrogen-bond acceptors (Lipinski definition) is 0. The highest BCUT2D eigenvalue weighted by Gasteiger charge is 2.39. The van der Waals surface area contributed by atoms with Crippen LogP contribution >= 0.6 is 0 Å². The van der Waals surface area contributed by atoms with Gasteiger partial charge in [0, 0.05) is 0 Å². The molecule has 0 spiro atoms. The van der Waals surface area contributed by atoms with Crippen LogP contribution in [0.25, 0.3) is 0 Å². The SMILES string of the molecule is C1CCC(C2CCCC2C2CCCC2)C1. The van der Waals surface area contributed by atoms with Gasteiger partial charge in [-0.25, -0.2) is 0 Å². The molecule has 0 aromatic heterocycles. The van der Waals surface area contributed by atoms with Crippen LogP contribution in [0.5, 0.6) is 0 Å². The molecule has 0 aromatic rings. The summed E-state index contributed by atoms with van der Waals surface area (Å²) in [5.41, 5.74) is 0. The topological polar surface area (TPSA) is 0 Å². The lowest BCUT2D eigenvalue weighted by molar-refractivity contribution is 0.196. The summed E-state index contributed by atoms with van der Waals surface area (Å²) >= 11 is 0. The first-order chi connectivity index (χ1) is 7.45. The van der Waals surface area contributed by atoms with Gasteiger partial charge in [0.25, 0.3) is 0 Å². The van der Waals surface area contributed by atoms with Crippen LogP contribution in [-0.4, -0.2) is 0 Å². The van der Waals surface area contributed by atoms with E-state index in [9.17, 15) is 0 Å². The van der Waals surface area contributed by atoms with Crippen LogP contribution in [0, 0.1) is 23.7 Å². The average Bonchev–Trinajstić information content (AvgIpc) is 3.01. The van der Waals surface area contributed by atoms with Crippen molar-refractivity contribution in [3.8, 4) is 0 Å². The van der Waals surface area contributed by atoms with E-state index in [0.29, 0.717) is 0 Å². The lowest BCUT2D eigenvalue weighted by Crippen LogP contribution is -2.22. The van der Waals surface area contributed by atoms with Crippen LogP contribution in [0.4, 0.5) is 0 Å². The molecule has 2 atom stereocenters. The number of rotatable bonds is 2. The third kappa shape index (κ3) is 1.97. The Morgan fingerprint density at radius 2 is 0.800 bits per heavy atom. The summed E-state index contributed by atoms with van der Waals surface area (Å²) in [7, 11) is 0. The van der Waals surface area contributed by atoms with E-state index >= 15 is 0 Å². The fourth-order valence-electron chi connectivity index (χ4n) is 4.96. The van der Waals surface area contributed by atoms with Crippen molar-refractivity contribution in [1.82, 2.24) is 0 Å². The zero-order valence-electron chi connectivity index (χ0n) is 10.1. The van der Waals surface area contributed by atoms with Crippen molar-refractivity contribution in [2.24, 2.45) is 23.7 Å². The molecule has 3 fully saturated rings. The molecule has 0 radical (unpaired) electrons. The molecule has 0 bridgehead atoms. The molecule has 0 saturated heterocycles. The molecular weight excluding hydrogens is 180 g/mol. The second-order valence-corrected chi connectivity index (χ2v) is 6.35. The maximum atomic E-state index is 1.59. The maximum absolute atomic E-state index is 1.59. The Bertz CT molecular complexity index is 174. The normalized spacial score (nSPS) is 39.2. The summed E-state index contributed by atoms with van der Waals surface area (Å²) in [4.78, 5) is 0. The first-order valence-electron chi connectivity index (χ1n) is 7.45. The minimum Gasteiger partial charge on any atom is -0.0530 e. The summed E-state index contributed by atoms with van der Waals surface area (Å²) in [5, 5.41) is 0. The first kappa shape index (κ1) is 10.2. The molecule has 2 unspecified atom stereocenters. The minimum absolute atomic E-state index is 1.15. The molecule has 86 valence electrons. The molecule has 3 aliphatic carbocycles. The molecule has 0 nitrogen and oxygen atoms in total. The summed E-state index contributed by atoms with van der Waals surface area (Å²) in [6.07, 6.45) is 17.2. The highest BCUT2D eigenvalue weighted by molar-refractivity contribution is 4.89. The van der Waals surface area contributed by atoms with Crippen molar-refractivity contribution in [2.75, 3.05) is 0 Å². The predicted octanol–water partition coefficient (Wildman–Crippen LogP) is 4.78. The van der Waals surface area contributed by atoms with Crippen molar-refractivity contribution in [1.29, 1.82) is 0 Å². The highest BCUT2D eigenvalue weighted by atomic mass is 14.4. The van der Waals surface area contributed by atoms with Crippen LogP contribution in [0.3, 0.4) is 0 Å². The third-order valence-corrected chi connectivity index (χ3v) is 5.64. The van der Waals surface area contributed by atoms with Crippen LogP contribution in [0.15, 0.2) is 0 Å². The fourth-order valence-corrected chi connectivity index (χ4v) is 4.96. The van der Waals surface area contributed by atoms with Gasteiger partial charge in [0.2, 0.25) is 0 Å². The minimum atomic E-state index is 1.15. The first-order valence-corrected chi connectivity index (χ1v) is 7.45. The molecule has 0 amide bonds. The number of hydrogen-bond donors (Lipinski definition) is 0. The maximum Gasteiger partial charge on any atom is -0.0355 e. The molecule has 3 rings (SSSR count). The van der Waals surface area contributed by atoms with Gasteiger partial charge in [-0.15, -0.1) is 0 Å². The lowest BCUT2D eigenvalue weighted by atomic mass is 9.76. The fraction of sp³-hybridized carbons (Fsp3) is 1.00. The Hall–Kier alpha value is 0. The van der Waals surface area contributed by atoms with Gasteiger partial charge >= 0.3 is 0 Å². The average molecular weight is 206 g/mol. The van der Waals surface area contributed by atoms with Gasteiger partial charge in [0.1, 0.15) is 0 Å². The van der Waals surface area contributed by atoms with Gasteiger partial charge in [0.15, 0.2) is 0 Å². The largest absolute Gasteiger partial charge is 0.0530 e. The highest BCUT2D eigenvalue weighted by Crippen LogP contribution is 2.50. The second kappa shape index (κ2) is 4.47. The van der Waals surface area contributed by atoms with E-state index in [0.717, 1.165) is 23.7 Å². The van der Waals surface area contributed by atoms with Crippen LogP contribution < -0.4 is 0 Å². The van der Waals surface area contributed by atoms with Gasteiger partial charge in [-0.1, -0.05) is 57.8 Å². The van der Waals surface area contributed by atoms with E-state index in [1.54, 1.807) is 70.6 Å². The van der Waals surface area contributed by atoms with Gasteiger partial charge in [-0.2, -0.15) is 0 Å². The zero-order valence-corrected chi connectivity index (χ0v) is 10.1. The smallest absolute Gasteiger partial charge is 0.0355 e. The van der Waals surface area contributed by atoms with E-state index in [1.165, 1.54) is 0 Å². The zero-order chi connectivity index (χ0) is 10.1. The van der Waals surface area contributed by atoms with E-state index in [1.807, 2.05) is 0 Å². The molecule has 0 aliphatic heterocycles. The van der Waals surface area contributed by atoms with E-state index in [-0.39, 0.29) is 0 Å². The second-order valence-electron chi connectivity index (χ2n) is 6.35. The van der Waals surface area contributed by atoms with Gasteiger partial charge < -0.3 is 0 Å². The van der Waals surface area contributed by atoms with Crippen molar-refractivity contribution in [3.05, 3.63) is 0 Å². The summed E-state index contributed by atoms with van der Waals surface area (Å²) in [6.45, 7) is 0. The molecule has 0 heteroatoms. The predicted molar refractivity (Wildman–Crippen MR) is 64.7 cm³/mol. The van der Waals surface area contributed by atoms with Crippen LogP contribution in [-0.2, 0) is 0 Å². The lowest BCUT2D eigenvalue weighted by Gasteiger charge is -2.30. The van der Waals surface area contributed by atoms with Crippen LogP contribution in [0.1, 0.15) is 70.6 Å². The van der Waals surface area contributed by atoms with Gasteiger partial charge in [-0.3, -0.25) is 0 Å². The van der Waals surface area contributed by atoms with Crippen molar-refractivity contribution >= 4 is 0 Å². The molecule has 0 N–H and O–H groups in total. The quantitative estimate of drug-likeness (QED) is 0.610. The third-order valence-electron chi connectivity index (χ3n) is 5.64. The monoisotopic (exact) mass is 206 g/mol.